The van der Waals surface area contributed by atoms with Crippen LogP contribution >= 0.6 is 0 Å². The molecule has 0 spiro atoms. The van der Waals surface area contributed by atoms with E-state index in [1.807, 2.05) is 12.4 Å². The molecule has 2 heteroatoms. The molecule has 0 saturated heterocycles. The first-order chi connectivity index (χ1) is 5.70. The average Bonchev–Trinajstić information content (AvgIpc) is 2.06. The van der Waals surface area contributed by atoms with Gasteiger partial charge in [-0.25, -0.2) is 0 Å². The summed E-state index contributed by atoms with van der Waals surface area (Å²) in [7, 11) is 2.16. The standard InChI is InChI=1S/C10H18N2/c1-9(2)12(3)8-10-5-4-6-11-7-10/h6-7,9H,4-5,8H2,1-3H3. The minimum absolute atomic E-state index is 0.622. The molecule has 0 aromatic heterocycles. The van der Waals surface area contributed by atoms with Crippen molar-refractivity contribution in [3.05, 3.63) is 11.8 Å². The van der Waals surface area contributed by atoms with Crippen molar-refractivity contribution in [3.8, 4) is 0 Å². The van der Waals surface area contributed by atoms with Crippen LogP contribution in [0.4, 0.5) is 0 Å². The lowest BCUT2D eigenvalue weighted by molar-refractivity contribution is 0.294. The van der Waals surface area contributed by atoms with Crippen molar-refractivity contribution in [1.29, 1.82) is 0 Å². The zero-order chi connectivity index (χ0) is 8.97. The lowest BCUT2D eigenvalue weighted by Crippen LogP contribution is -2.28. The Morgan fingerprint density at radius 2 is 2.33 bits per heavy atom. The van der Waals surface area contributed by atoms with Crippen molar-refractivity contribution in [2.45, 2.75) is 32.7 Å². The molecule has 0 unspecified atom stereocenters. The smallest absolute Gasteiger partial charge is 0.0268 e. The number of likely N-dealkylation sites (N-methyl/N-ethyl adjacent to an activating group) is 1. The zero-order valence-electron chi connectivity index (χ0n) is 8.25. The molecule has 1 aliphatic rings. The van der Waals surface area contributed by atoms with Crippen LogP contribution in [-0.2, 0) is 0 Å². The van der Waals surface area contributed by atoms with Crippen LogP contribution in [0.3, 0.4) is 0 Å². The summed E-state index contributed by atoms with van der Waals surface area (Å²) in [6.45, 7) is 5.49. The van der Waals surface area contributed by atoms with Crippen LogP contribution in [0, 0.1) is 0 Å². The van der Waals surface area contributed by atoms with E-state index in [1.54, 1.807) is 0 Å². The van der Waals surface area contributed by atoms with E-state index in [-0.39, 0.29) is 0 Å². The Morgan fingerprint density at radius 1 is 1.58 bits per heavy atom. The van der Waals surface area contributed by atoms with Gasteiger partial charge in [0, 0.05) is 25.0 Å². The number of nitrogens with zero attached hydrogens (tertiary/aromatic N) is 2. The molecule has 1 aliphatic heterocycles. The molecule has 12 heavy (non-hydrogen) atoms. The molecule has 1 rings (SSSR count). The molecule has 0 aromatic carbocycles. The second kappa shape index (κ2) is 4.41. The van der Waals surface area contributed by atoms with Gasteiger partial charge in [0.15, 0.2) is 0 Å². The number of hydrogen-bond donors (Lipinski definition) is 0. The molecule has 68 valence electrons. The highest BCUT2D eigenvalue weighted by molar-refractivity contribution is 5.60. The summed E-state index contributed by atoms with van der Waals surface area (Å²) in [5.41, 5.74) is 1.45. The number of aliphatic imine (C=N–C) groups is 1. The van der Waals surface area contributed by atoms with Gasteiger partial charge in [-0.05, 0) is 39.3 Å². The van der Waals surface area contributed by atoms with Gasteiger partial charge in [-0.3, -0.25) is 9.89 Å². The maximum Gasteiger partial charge on any atom is 0.0268 e. The van der Waals surface area contributed by atoms with E-state index in [9.17, 15) is 0 Å². The maximum atomic E-state index is 4.16. The molecule has 0 aliphatic carbocycles. The van der Waals surface area contributed by atoms with Gasteiger partial charge in [-0.2, -0.15) is 0 Å². The molecule has 0 bridgehead atoms. The fourth-order valence-corrected chi connectivity index (χ4v) is 1.17. The number of rotatable bonds is 3. The van der Waals surface area contributed by atoms with Crippen LogP contribution in [0.2, 0.25) is 0 Å². The van der Waals surface area contributed by atoms with E-state index in [0.29, 0.717) is 6.04 Å². The number of hydrogen-bond acceptors (Lipinski definition) is 2. The van der Waals surface area contributed by atoms with Gasteiger partial charge < -0.3 is 0 Å². The topological polar surface area (TPSA) is 15.6 Å². The third kappa shape index (κ3) is 2.78. The third-order valence-corrected chi connectivity index (χ3v) is 2.29. The highest BCUT2D eigenvalue weighted by atomic mass is 15.1. The Bertz CT molecular complexity index is 192. The zero-order valence-corrected chi connectivity index (χ0v) is 8.25. The van der Waals surface area contributed by atoms with Crippen LogP contribution in [0.1, 0.15) is 26.7 Å². The van der Waals surface area contributed by atoms with Crippen LogP contribution in [0.25, 0.3) is 0 Å². The highest BCUT2D eigenvalue weighted by Gasteiger charge is 2.07. The monoisotopic (exact) mass is 166 g/mol. The van der Waals surface area contributed by atoms with Crippen LogP contribution < -0.4 is 0 Å². The lowest BCUT2D eigenvalue weighted by Gasteiger charge is -2.22. The second-order valence-corrected chi connectivity index (χ2v) is 3.67. The lowest BCUT2D eigenvalue weighted by atomic mass is 10.1. The normalized spacial score (nSPS) is 17.2. The molecule has 0 saturated carbocycles. The first kappa shape index (κ1) is 9.46. The predicted octanol–water partition coefficient (Wildman–Crippen LogP) is 2.08. The quantitative estimate of drug-likeness (QED) is 0.626. The van der Waals surface area contributed by atoms with Gasteiger partial charge in [0.2, 0.25) is 0 Å². The maximum absolute atomic E-state index is 4.16. The molecule has 0 radical (unpaired) electrons. The largest absolute Gasteiger partial charge is 0.300 e. The highest BCUT2D eigenvalue weighted by Crippen LogP contribution is 2.11. The van der Waals surface area contributed by atoms with Crippen molar-refractivity contribution >= 4 is 6.21 Å². The molecular weight excluding hydrogens is 148 g/mol. The summed E-state index contributed by atoms with van der Waals surface area (Å²) < 4.78 is 0. The summed E-state index contributed by atoms with van der Waals surface area (Å²) in [6, 6.07) is 0.622. The van der Waals surface area contributed by atoms with E-state index < -0.39 is 0 Å². The summed E-state index contributed by atoms with van der Waals surface area (Å²) in [5.74, 6) is 0. The van der Waals surface area contributed by atoms with Crippen LogP contribution in [0.15, 0.2) is 16.8 Å². The molecule has 0 fully saturated rings. The van der Waals surface area contributed by atoms with E-state index in [4.69, 9.17) is 0 Å². The van der Waals surface area contributed by atoms with E-state index in [1.165, 1.54) is 12.0 Å². The molecule has 0 amide bonds. The van der Waals surface area contributed by atoms with Gasteiger partial charge in [0.1, 0.15) is 0 Å². The van der Waals surface area contributed by atoms with Crippen LogP contribution in [0.5, 0.6) is 0 Å². The first-order valence-electron chi connectivity index (χ1n) is 4.60. The minimum atomic E-state index is 0.622. The van der Waals surface area contributed by atoms with Gasteiger partial charge in [-0.15, -0.1) is 0 Å². The second-order valence-electron chi connectivity index (χ2n) is 3.67. The Hall–Kier alpha value is -0.630. The average molecular weight is 166 g/mol. The summed E-state index contributed by atoms with van der Waals surface area (Å²) in [4.78, 5) is 6.50. The molecular formula is C10H18N2. The predicted molar refractivity (Wildman–Crippen MR) is 53.6 cm³/mol. The van der Waals surface area contributed by atoms with Crippen LogP contribution in [-0.4, -0.2) is 30.7 Å². The van der Waals surface area contributed by atoms with E-state index >= 15 is 0 Å². The molecule has 0 N–H and O–H groups in total. The SMILES string of the molecule is CC(C)N(C)CC1=CN=CCC1. The van der Waals surface area contributed by atoms with Crippen molar-refractivity contribution < 1.29 is 0 Å². The third-order valence-electron chi connectivity index (χ3n) is 2.29. The minimum Gasteiger partial charge on any atom is -0.300 e. The Kier molecular flexibility index (Phi) is 3.48. The molecule has 0 atom stereocenters. The van der Waals surface area contributed by atoms with E-state index in [0.717, 1.165) is 13.0 Å². The Balaban J connectivity index is 2.39. The Morgan fingerprint density at radius 3 is 2.83 bits per heavy atom. The van der Waals surface area contributed by atoms with E-state index in [2.05, 4.69) is 30.8 Å². The van der Waals surface area contributed by atoms with Crippen molar-refractivity contribution in [2.24, 2.45) is 4.99 Å². The fourth-order valence-electron chi connectivity index (χ4n) is 1.17. The van der Waals surface area contributed by atoms with Gasteiger partial charge in [0.25, 0.3) is 0 Å². The fraction of sp³-hybridized carbons (Fsp3) is 0.700. The summed E-state index contributed by atoms with van der Waals surface area (Å²) >= 11 is 0. The van der Waals surface area contributed by atoms with Gasteiger partial charge in [0.05, 0.1) is 0 Å². The van der Waals surface area contributed by atoms with Crippen molar-refractivity contribution in [1.82, 2.24) is 4.90 Å². The first-order valence-corrected chi connectivity index (χ1v) is 4.60. The summed E-state index contributed by atoms with van der Waals surface area (Å²) in [6.07, 6.45) is 6.28. The van der Waals surface area contributed by atoms with Crippen molar-refractivity contribution in [3.63, 3.8) is 0 Å². The molecule has 1 heterocycles. The Labute approximate surface area is 75.0 Å². The van der Waals surface area contributed by atoms with Gasteiger partial charge >= 0.3 is 0 Å². The molecule has 0 aromatic rings. The molecule has 2 nitrogen and oxygen atoms in total. The summed E-state index contributed by atoms with van der Waals surface area (Å²) in [5, 5.41) is 0. The van der Waals surface area contributed by atoms with Crippen molar-refractivity contribution in [2.75, 3.05) is 13.6 Å². The van der Waals surface area contributed by atoms with Gasteiger partial charge in [-0.1, -0.05) is 0 Å².